The first-order valence-electron chi connectivity index (χ1n) is 7.84. The zero-order valence-corrected chi connectivity index (χ0v) is 13.1. The van der Waals surface area contributed by atoms with Gasteiger partial charge in [0.1, 0.15) is 0 Å². The first kappa shape index (κ1) is 16.5. The van der Waals surface area contributed by atoms with Crippen LogP contribution < -0.4 is 10.6 Å². The summed E-state index contributed by atoms with van der Waals surface area (Å²) in [6, 6.07) is 6.84. The Labute approximate surface area is 131 Å². The van der Waals surface area contributed by atoms with Gasteiger partial charge >= 0.3 is 0 Å². The predicted octanol–water partition coefficient (Wildman–Crippen LogP) is 2.17. The summed E-state index contributed by atoms with van der Waals surface area (Å²) in [7, 11) is 0. The van der Waals surface area contributed by atoms with Gasteiger partial charge in [0, 0.05) is 29.8 Å². The molecule has 0 spiro atoms. The minimum absolute atomic E-state index is 0.0493. The number of hydrogen-bond donors (Lipinski definition) is 3. The Balaban J connectivity index is 1.93. The summed E-state index contributed by atoms with van der Waals surface area (Å²) < 4.78 is 0. The van der Waals surface area contributed by atoms with Gasteiger partial charge in [0.25, 0.3) is 5.91 Å². The highest BCUT2D eigenvalue weighted by Crippen LogP contribution is 2.30. The van der Waals surface area contributed by atoms with Crippen LogP contribution in [0.1, 0.15) is 43.5 Å². The molecule has 0 aromatic heterocycles. The SMILES string of the molecule is CC(C)C(CCO)NC(=O)c1ccc(NC(=O)C2CC2)cc1. The van der Waals surface area contributed by atoms with Gasteiger partial charge in [0.05, 0.1) is 0 Å². The molecule has 1 fully saturated rings. The molecule has 0 radical (unpaired) electrons. The number of amides is 2. The first-order chi connectivity index (χ1) is 10.5. The van der Waals surface area contributed by atoms with Gasteiger partial charge in [-0.25, -0.2) is 0 Å². The smallest absolute Gasteiger partial charge is 0.251 e. The molecule has 3 N–H and O–H groups in total. The highest BCUT2D eigenvalue weighted by atomic mass is 16.3. The molecule has 0 saturated heterocycles. The van der Waals surface area contributed by atoms with Crippen molar-refractivity contribution in [3.63, 3.8) is 0 Å². The summed E-state index contributed by atoms with van der Waals surface area (Å²) in [5.74, 6) is 0.314. The lowest BCUT2D eigenvalue weighted by atomic mass is 10.0. The highest BCUT2D eigenvalue weighted by molar-refractivity contribution is 5.96. The molecule has 5 nitrogen and oxygen atoms in total. The third kappa shape index (κ3) is 4.56. The molecule has 0 bridgehead atoms. The molecule has 5 heteroatoms. The second kappa shape index (κ2) is 7.40. The summed E-state index contributed by atoms with van der Waals surface area (Å²) in [4.78, 5) is 23.9. The van der Waals surface area contributed by atoms with Gasteiger partial charge in [-0.2, -0.15) is 0 Å². The molecule has 0 heterocycles. The van der Waals surface area contributed by atoms with Crippen LogP contribution in [-0.4, -0.2) is 29.6 Å². The molecular weight excluding hydrogens is 280 g/mol. The number of carbonyl (C=O) groups excluding carboxylic acids is 2. The van der Waals surface area contributed by atoms with Crippen molar-refractivity contribution in [3.8, 4) is 0 Å². The highest BCUT2D eigenvalue weighted by Gasteiger charge is 2.29. The van der Waals surface area contributed by atoms with E-state index < -0.39 is 0 Å². The number of aliphatic hydroxyl groups excluding tert-OH is 1. The van der Waals surface area contributed by atoms with Crippen LogP contribution in [0.4, 0.5) is 5.69 Å². The number of rotatable bonds is 7. The van der Waals surface area contributed by atoms with E-state index in [1.165, 1.54) is 0 Å². The third-order valence-electron chi connectivity index (χ3n) is 3.92. The molecule has 1 unspecified atom stereocenters. The van der Waals surface area contributed by atoms with Crippen molar-refractivity contribution in [3.05, 3.63) is 29.8 Å². The standard InChI is InChI=1S/C17H24N2O3/c1-11(2)15(9-10-20)19-17(22)13-5-7-14(8-6-13)18-16(21)12-3-4-12/h5-8,11-12,15,20H,3-4,9-10H2,1-2H3,(H,18,21)(H,19,22). The van der Waals surface area contributed by atoms with Crippen LogP contribution in [0, 0.1) is 11.8 Å². The summed E-state index contributed by atoms with van der Waals surface area (Å²) in [6.45, 7) is 4.07. The maximum absolute atomic E-state index is 12.2. The van der Waals surface area contributed by atoms with Crippen LogP contribution in [0.2, 0.25) is 0 Å². The quantitative estimate of drug-likeness (QED) is 0.722. The molecule has 1 aromatic rings. The Kier molecular flexibility index (Phi) is 5.55. The lowest BCUT2D eigenvalue weighted by Crippen LogP contribution is -2.39. The number of anilines is 1. The Morgan fingerprint density at radius 3 is 2.36 bits per heavy atom. The maximum atomic E-state index is 12.2. The van der Waals surface area contributed by atoms with Crippen LogP contribution in [0.5, 0.6) is 0 Å². The molecule has 2 amide bonds. The number of nitrogens with one attached hydrogen (secondary N) is 2. The van der Waals surface area contributed by atoms with Crippen molar-refractivity contribution in [1.29, 1.82) is 0 Å². The van der Waals surface area contributed by atoms with Gasteiger partial charge in [-0.1, -0.05) is 13.8 Å². The predicted molar refractivity (Wildman–Crippen MR) is 85.6 cm³/mol. The van der Waals surface area contributed by atoms with E-state index in [1.807, 2.05) is 13.8 Å². The molecule has 1 aliphatic rings. The lowest BCUT2D eigenvalue weighted by molar-refractivity contribution is -0.117. The molecule has 1 aliphatic carbocycles. The van der Waals surface area contributed by atoms with Crippen molar-refractivity contribution in [2.24, 2.45) is 11.8 Å². The van der Waals surface area contributed by atoms with Crippen molar-refractivity contribution in [2.45, 2.75) is 39.2 Å². The molecule has 1 saturated carbocycles. The molecule has 0 aliphatic heterocycles. The van der Waals surface area contributed by atoms with E-state index in [2.05, 4.69) is 10.6 Å². The van der Waals surface area contributed by atoms with Gasteiger partial charge in [0.15, 0.2) is 0 Å². The summed E-state index contributed by atoms with van der Waals surface area (Å²) >= 11 is 0. The largest absolute Gasteiger partial charge is 0.396 e. The third-order valence-corrected chi connectivity index (χ3v) is 3.92. The Bertz CT molecular complexity index is 521. The van der Waals surface area contributed by atoms with Crippen LogP contribution in [0.15, 0.2) is 24.3 Å². The van der Waals surface area contributed by atoms with Gasteiger partial charge in [0.2, 0.25) is 5.91 Å². The Morgan fingerprint density at radius 2 is 1.86 bits per heavy atom. The number of benzene rings is 1. The fraction of sp³-hybridized carbons (Fsp3) is 0.529. The number of aliphatic hydroxyl groups is 1. The zero-order chi connectivity index (χ0) is 16.1. The Morgan fingerprint density at radius 1 is 1.23 bits per heavy atom. The average molecular weight is 304 g/mol. The van der Waals surface area contributed by atoms with Gasteiger partial charge < -0.3 is 15.7 Å². The summed E-state index contributed by atoms with van der Waals surface area (Å²) in [5, 5.41) is 14.8. The topological polar surface area (TPSA) is 78.4 Å². The van der Waals surface area contributed by atoms with E-state index in [0.29, 0.717) is 17.7 Å². The fourth-order valence-electron chi connectivity index (χ4n) is 2.26. The van der Waals surface area contributed by atoms with Crippen LogP contribution in [0.3, 0.4) is 0 Å². The van der Waals surface area contributed by atoms with E-state index in [4.69, 9.17) is 5.11 Å². The second-order valence-electron chi connectivity index (χ2n) is 6.18. The van der Waals surface area contributed by atoms with Gasteiger partial charge in [-0.05, 0) is 49.4 Å². The van der Waals surface area contributed by atoms with E-state index in [-0.39, 0.29) is 36.3 Å². The average Bonchev–Trinajstić information content (AvgIpc) is 3.32. The normalized spacial score (nSPS) is 15.5. The maximum Gasteiger partial charge on any atom is 0.251 e. The first-order valence-corrected chi connectivity index (χ1v) is 7.84. The van der Waals surface area contributed by atoms with E-state index in [9.17, 15) is 9.59 Å². The second-order valence-corrected chi connectivity index (χ2v) is 6.18. The van der Waals surface area contributed by atoms with Crippen LogP contribution >= 0.6 is 0 Å². The van der Waals surface area contributed by atoms with Crippen LogP contribution in [0.25, 0.3) is 0 Å². The molecule has 1 atom stereocenters. The van der Waals surface area contributed by atoms with Gasteiger partial charge in [-0.3, -0.25) is 9.59 Å². The van der Waals surface area contributed by atoms with Crippen LogP contribution in [-0.2, 0) is 4.79 Å². The minimum Gasteiger partial charge on any atom is -0.396 e. The van der Waals surface area contributed by atoms with Crippen molar-refractivity contribution >= 4 is 17.5 Å². The molecule has 22 heavy (non-hydrogen) atoms. The lowest BCUT2D eigenvalue weighted by Gasteiger charge is -2.21. The van der Waals surface area contributed by atoms with Crippen molar-refractivity contribution in [1.82, 2.24) is 5.32 Å². The molecule has 2 rings (SSSR count). The summed E-state index contributed by atoms with van der Waals surface area (Å²) in [5.41, 5.74) is 1.26. The van der Waals surface area contributed by atoms with Gasteiger partial charge in [-0.15, -0.1) is 0 Å². The monoisotopic (exact) mass is 304 g/mol. The van der Waals surface area contributed by atoms with Crippen molar-refractivity contribution in [2.75, 3.05) is 11.9 Å². The number of carbonyl (C=O) groups is 2. The fourth-order valence-corrected chi connectivity index (χ4v) is 2.26. The molecular formula is C17H24N2O3. The minimum atomic E-state index is -0.160. The molecule has 1 aromatic carbocycles. The zero-order valence-electron chi connectivity index (χ0n) is 13.1. The van der Waals surface area contributed by atoms with Crippen molar-refractivity contribution < 1.29 is 14.7 Å². The van der Waals surface area contributed by atoms with E-state index in [1.54, 1.807) is 24.3 Å². The summed E-state index contributed by atoms with van der Waals surface area (Å²) in [6.07, 6.45) is 2.47. The molecule has 120 valence electrons. The van der Waals surface area contributed by atoms with E-state index in [0.717, 1.165) is 12.8 Å². The Hall–Kier alpha value is -1.88. The van der Waals surface area contributed by atoms with E-state index >= 15 is 0 Å². The number of hydrogen-bond acceptors (Lipinski definition) is 3.